The SMILES string of the molecule is O=C(COC(=O)c1ccc(N2C(=O)[C@@H]3[C@H]4C[C@@H]([C@H](Br)[C@H]4Br)[C@@H]3C2=O)cc1)c1ccccc1. The molecule has 2 aliphatic carbocycles. The summed E-state index contributed by atoms with van der Waals surface area (Å²) in [4.78, 5) is 52.3. The van der Waals surface area contributed by atoms with Gasteiger partial charge in [0, 0.05) is 15.2 Å². The number of rotatable bonds is 5. The topological polar surface area (TPSA) is 80.8 Å². The Morgan fingerprint density at radius 2 is 1.41 bits per heavy atom. The second-order valence-electron chi connectivity index (χ2n) is 8.43. The predicted octanol–water partition coefficient (Wildman–Crippen LogP) is 4.01. The van der Waals surface area contributed by atoms with Gasteiger partial charge in [-0.3, -0.25) is 19.3 Å². The van der Waals surface area contributed by atoms with Crippen LogP contribution in [-0.2, 0) is 14.3 Å². The fourth-order valence-electron chi connectivity index (χ4n) is 5.27. The second-order valence-corrected chi connectivity index (χ2v) is 10.5. The molecule has 2 amide bonds. The van der Waals surface area contributed by atoms with Crippen molar-refractivity contribution in [3.8, 4) is 0 Å². The zero-order valence-electron chi connectivity index (χ0n) is 16.8. The lowest BCUT2D eigenvalue weighted by Gasteiger charge is -2.28. The zero-order valence-corrected chi connectivity index (χ0v) is 20.0. The normalized spacial score (nSPS) is 30.5. The number of fused-ring (bicyclic) bond motifs is 5. The average Bonchev–Trinajstić information content (AvgIpc) is 3.42. The molecule has 2 aromatic rings. The predicted molar refractivity (Wildman–Crippen MR) is 124 cm³/mol. The number of nitrogens with zero attached hydrogens (tertiary/aromatic N) is 1. The van der Waals surface area contributed by atoms with Crippen molar-refractivity contribution in [2.45, 2.75) is 16.1 Å². The molecule has 32 heavy (non-hydrogen) atoms. The Kier molecular flexibility index (Phi) is 5.53. The zero-order chi connectivity index (χ0) is 22.6. The first-order valence-electron chi connectivity index (χ1n) is 10.4. The first-order chi connectivity index (χ1) is 15.4. The van der Waals surface area contributed by atoms with Crippen LogP contribution in [0.15, 0.2) is 54.6 Å². The highest BCUT2D eigenvalue weighted by molar-refractivity contribution is 9.12. The molecule has 1 saturated heterocycles. The maximum Gasteiger partial charge on any atom is 0.338 e. The van der Waals surface area contributed by atoms with Crippen molar-refractivity contribution in [3.63, 3.8) is 0 Å². The van der Waals surface area contributed by atoms with Crippen molar-refractivity contribution in [2.75, 3.05) is 11.5 Å². The summed E-state index contributed by atoms with van der Waals surface area (Å²) in [6.45, 7) is -0.360. The minimum atomic E-state index is -0.640. The van der Waals surface area contributed by atoms with Crippen molar-refractivity contribution in [3.05, 3.63) is 65.7 Å². The molecule has 0 aromatic heterocycles. The fraction of sp³-hybridized carbons (Fsp3) is 0.333. The molecule has 164 valence electrons. The monoisotopic (exact) mass is 559 g/mol. The summed E-state index contributed by atoms with van der Waals surface area (Å²) >= 11 is 7.36. The molecule has 0 radical (unpaired) electrons. The molecule has 6 nitrogen and oxygen atoms in total. The average molecular weight is 561 g/mol. The maximum atomic E-state index is 13.1. The van der Waals surface area contributed by atoms with Crippen LogP contribution in [0.3, 0.4) is 0 Å². The number of amides is 2. The number of imide groups is 1. The van der Waals surface area contributed by atoms with E-state index in [0.29, 0.717) is 11.3 Å². The van der Waals surface area contributed by atoms with Gasteiger partial charge in [-0.1, -0.05) is 62.2 Å². The number of halogens is 2. The summed E-state index contributed by atoms with van der Waals surface area (Å²) in [6, 6.07) is 14.8. The molecule has 3 aliphatic rings. The van der Waals surface area contributed by atoms with Crippen LogP contribution in [0, 0.1) is 23.7 Å². The number of ketones is 1. The van der Waals surface area contributed by atoms with E-state index < -0.39 is 5.97 Å². The van der Waals surface area contributed by atoms with Crippen LogP contribution in [0.2, 0.25) is 0 Å². The molecular formula is C24H19Br2NO5. The van der Waals surface area contributed by atoms with Crippen LogP contribution >= 0.6 is 31.9 Å². The molecule has 2 bridgehead atoms. The van der Waals surface area contributed by atoms with Gasteiger partial charge in [-0.05, 0) is 42.5 Å². The van der Waals surface area contributed by atoms with E-state index in [9.17, 15) is 19.2 Å². The highest BCUT2D eigenvalue weighted by Crippen LogP contribution is 2.60. The highest BCUT2D eigenvalue weighted by atomic mass is 79.9. The van der Waals surface area contributed by atoms with Crippen LogP contribution in [0.25, 0.3) is 0 Å². The van der Waals surface area contributed by atoms with Gasteiger partial charge in [0.1, 0.15) is 0 Å². The number of esters is 1. The van der Waals surface area contributed by atoms with Crippen molar-refractivity contribution in [2.24, 2.45) is 23.7 Å². The molecule has 0 N–H and O–H groups in total. The van der Waals surface area contributed by atoms with Gasteiger partial charge in [-0.2, -0.15) is 0 Å². The van der Waals surface area contributed by atoms with Gasteiger partial charge in [0.15, 0.2) is 12.4 Å². The number of carbonyl (C=O) groups excluding carboxylic acids is 4. The van der Waals surface area contributed by atoms with E-state index in [1.807, 2.05) is 0 Å². The Bertz CT molecular complexity index is 1070. The molecule has 1 aliphatic heterocycles. The number of hydrogen-bond donors (Lipinski definition) is 0. The lowest BCUT2D eigenvalue weighted by molar-refractivity contribution is -0.123. The number of hydrogen-bond acceptors (Lipinski definition) is 5. The van der Waals surface area contributed by atoms with Crippen LogP contribution in [0.1, 0.15) is 27.1 Å². The standard InChI is InChI=1S/C24H19Br2NO5/c25-20-15-10-16(21(20)26)19-18(15)22(29)27(23(19)30)14-8-6-13(7-9-14)24(31)32-11-17(28)12-4-2-1-3-5-12/h1-9,15-16,18-21H,10-11H2/t15-,16-,18-,19+,20+,21+/m1/s1. The van der Waals surface area contributed by atoms with Crippen molar-refractivity contribution in [1.82, 2.24) is 0 Å². The number of Topliss-reactive ketones (excluding diaryl/α,β-unsaturated/α-hetero) is 1. The van der Waals surface area contributed by atoms with Crippen molar-refractivity contribution >= 4 is 61.1 Å². The lowest BCUT2D eigenvalue weighted by atomic mass is 9.81. The van der Waals surface area contributed by atoms with Gasteiger partial charge in [0.25, 0.3) is 0 Å². The summed E-state index contributed by atoms with van der Waals surface area (Å²) < 4.78 is 5.13. The lowest BCUT2D eigenvalue weighted by Crippen LogP contribution is -2.37. The summed E-state index contributed by atoms with van der Waals surface area (Å²) in [6.07, 6.45) is 0.874. The van der Waals surface area contributed by atoms with E-state index in [1.54, 1.807) is 42.5 Å². The Morgan fingerprint density at radius 3 is 1.97 bits per heavy atom. The van der Waals surface area contributed by atoms with Crippen molar-refractivity contribution in [1.29, 1.82) is 0 Å². The van der Waals surface area contributed by atoms with Crippen LogP contribution < -0.4 is 4.90 Å². The third kappa shape index (κ3) is 3.35. The summed E-state index contributed by atoms with van der Waals surface area (Å²) in [5.41, 5.74) is 1.16. The van der Waals surface area contributed by atoms with Gasteiger partial charge in [0.05, 0.1) is 23.1 Å². The molecule has 2 aromatic carbocycles. The largest absolute Gasteiger partial charge is 0.454 e. The van der Waals surface area contributed by atoms with E-state index in [-0.39, 0.29) is 63.1 Å². The van der Waals surface area contributed by atoms with Crippen LogP contribution in [0.4, 0.5) is 5.69 Å². The van der Waals surface area contributed by atoms with Crippen LogP contribution in [0.5, 0.6) is 0 Å². The van der Waals surface area contributed by atoms with E-state index in [4.69, 9.17) is 4.74 Å². The summed E-state index contributed by atoms with van der Waals surface area (Å²) in [7, 11) is 0. The van der Waals surface area contributed by atoms with Gasteiger partial charge in [-0.15, -0.1) is 0 Å². The molecule has 0 spiro atoms. The second kappa shape index (κ2) is 8.23. The third-order valence-corrected chi connectivity index (χ3v) is 9.99. The molecule has 1 heterocycles. The van der Waals surface area contributed by atoms with E-state index in [0.717, 1.165) is 6.42 Å². The Labute approximate surface area is 201 Å². The number of alkyl halides is 2. The molecule has 5 rings (SSSR count). The Balaban J connectivity index is 1.27. The van der Waals surface area contributed by atoms with Crippen LogP contribution in [-0.4, -0.2) is 39.8 Å². The Hall–Kier alpha value is -2.32. The van der Waals surface area contributed by atoms with Gasteiger partial charge >= 0.3 is 5.97 Å². The maximum absolute atomic E-state index is 13.1. The highest BCUT2D eigenvalue weighted by Gasteiger charge is 2.66. The molecule has 0 unspecified atom stereocenters. The first kappa shape index (κ1) is 21.5. The Morgan fingerprint density at radius 1 is 0.844 bits per heavy atom. The molecule has 6 atom stereocenters. The number of anilines is 1. The number of carbonyl (C=O) groups is 4. The number of ether oxygens (including phenoxy) is 1. The van der Waals surface area contributed by atoms with E-state index in [2.05, 4.69) is 31.9 Å². The fourth-order valence-corrected chi connectivity index (χ4v) is 7.15. The van der Waals surface area contributed by atoms with E-state index in [1.165, 1.54) is 17.0 Å². The third-order valence-electron chi connectivity index (χ3n) is 6.78. The minimum absolute atomic E-state index is 0.146. The van der Waals surface area contributed by atoms with Gasteiger partial charge < -0.3 is 4.74 Å². The molecule has 3 fully saturated rings. The van der Waals surface area contributed by atoms with Crippen molar-refractivity contribution < 1.29 is 23.9 Å². The quantitative estimate of drug-likeness (QED) is 0.239. The summed E-state index contributed by atoms with van der Waals surface area (Å²) in [5.74, 6) is -1.56. The summed E-state index contributed by atoms with van der Waals surface area (Å²) in [5, 5.41) is 0. The molecular weight excluding hydrogens is 542 g/mol. The van der Waals surface area contributed by atoms with Gasteiger partial charge in [0.2, 0.25) is 11.8 Å². The minimum Gasteiger partial charge on any atom is -0.454 e. The molecule has 8 heteroatoms. The van der Waals surface area contributed by atoms with E-state index >= 15 is 0 Å². The van der Waals surface area contributed by atoms with Gasteiger partial charge in [-0.25, -0.2) is 4.79 Å². The molecule has 2 saturated carbocycles. The smallest absolute Gasteiger partial charge is 0.338 e. The first-order valence-corrected chi connectivity index (χ1v) is 12.2. The number of benzene rings is 2.